The van der Waals surface area contributed by atoms with Gasteiger partial charge in [-0.1, -0.05) is 19.4 Å². The van der Waals surface area contributed by atoms with Crippen LogP contribution in [0.3, 0.4) is 0 Å². The second-order valence-corrected chi connectivity index (χ2v) is 4.33. The van der Waals surface area contributed by atoms with Crippen molar-refractivity contribution in [2.75, 3.05) is 20.2 Å². The summed E-state index contributed by atoms with van der Waals surface area (Å²) in [5.74, 6) is -3.42. The Morgan fingerprint density at radius 1 is 1.25 bits per heavy atom. The second kappa shape index (κ2) is 7.57. The van der Waals surface area contributed by atoms with E-state index < -0.39 is 29.1 Å². The summed E-state index contributed by atoms with van der Waals surface area (Å²) in [6.07, 6.45) is 1.60. The number of nitrogens with zero attached hydrogens (tertiary/aromatic N) is 1. The van der Waals surface area contributed by atoms with Gasteiger partial charge in [0.1, 0.15) is 23.7 Å². The van der Waals surface area contributed by atoms with Crippen LogP contribution >= 0.6 is 0 Å². The maximum atomic E-state index is 13.4. The zero-order valence-corrected chi connectivity index (χ0v) is 11.5. The first kappa shape index (κ1) is 16.1. The molecule has 4 nitrogen and oxygen atoms in total. The summed E-state index contributed by atoms with van der Waals surface area (Å²) in [5, 5.41) is 0. The van der Waals surface area contributed by atoms with E-state index in [-0.39, 0.29) is 13.2 Å². The van der Waals surface area contributed by atoms with Crippen molar-refractivity contribution in [3.05, 3.63) is 35.4 Å². The van der Waals surface area contributed by atoms with Crippen LogP contribution in [0.25, 0.3) is 0 Å². The van der Waals surface area contributed by atoms with Gasteiger partial charge in [-0.25, -0.2) is 8.78 Å². The smallest absolute Gasteiger partial charge is 0.325 e. The molecule has 0 radical (unpaired) electrons. The van der Waals surface area contributed by atoms with Crippen LogP contribution in [0.2, 0.25) is 0 Å². The molecule has 0 fully saturated rings. The Balaban J connectivity index is 2.65. The van der Waals surface area contributed by atoms with Crippen molar-refractivity contribution in [1.29, 1.82) is 0 Å². The Hall–Kier alpha value is -1.98. The van der Waals surface area contributed by atoms with Crippen molar-refractivity contribution in [2.24, 2.45) is 0 Å². The SMILES string of the molecule is CCCCOC(=O)CN(C)C(=O)c1c(F)cccc1F. The summed E-state index contributed by atoms with van der Waals surface area (Å²) < 4.78 is 31.8. The standard InChI is InChI=1S/C14H17F2NO3/c1-3-4-8-20-12(18)9-17(2)14(19)13-10(15)6-5-7-11(13)16/h5-7H,3-4,8-9H2,1-2H3. The first-order valence-electron chi connectivity index (χ1n) is 6.32. The predicted octanol–water partition coefficient (Wildman–Crippen LogP) is 2.38. The van der Waals surface area contributed by atoms with Gasteiger partial charge in [-0.2, -0.15) is 0 Å². The average Bonchev–Trinajstić information content (AvgIpc) is 2.38. The molecule has 0 N–H and O–H groups in total. The molecular formula is C14H17F2NO3. The van der Waals surface area contributed by atoms with Crippen LogP contribution in [0.4, 0.5) is 8.78 Å². The summed E-state index contributed by atoms with van der Waals surface area (Å²) in [5.41, 5.74) is -0.670. The molecule has 1 aromatic rings. The predicted molar refractivity (Wildman–Crippen MR) is 69.2 cm³/mol. The lowest BCUT2D eigenvalue weighted by atomic mass is 10.1. The number of hydrogen-bond donors (Lipinski definition) is 0. The normalized spacial score (nSPS) is 10.2. The molecular weight excluding hydrogens is 268 g/mol. The molecule has 0 aliphatic rings. The molecule has 0 bridgehead atoms. The number of hydrogen-bond acceptors (Lipinski definition) is 3. The zero-order valence-electron chi connectivity index (χ0n) is 11.5. The van der Waals surface area contributed by atoms with Gasteiger partial charge in [0.2, 0.25) is 0 Å². The lowest BCUT2D eigenvalue weighted by Gasteiger charge is -2.17. The number of ether oxygens (including phenoxy) is 1. The van der Waals surface area contributed by atoms with Gasteiger partial charge >= 0.3 is 5.97 Å². The third-order valence-electron chi connectivity index (χ3n) is 2.65. The summed E-state index contributed by atoms with van der Waals surface area (Å²) in [6.45, 7) is 1.87. The van der Waals surface area contributed by atoms with Gasteiger partial charge in [0.15, 0.2) is 0 Å². The van der Waals surface area contributed by atoms with Crippen molar-refractivity contribution in [1.82, 2.24) is 4.90 Å². The lowest BCUT2D eigenvalue weighted by Crippen LogP contribution is -2.34. The number of esters is 1. The van der Waals surface area contributed by atoms with Crippen LogP contribution in [-0.4, -0.2) is 37.0 Å². The molecule has 0 unspecified atom stereocenters. The molecule has 0 saturated heterocycles. The van der Waals surface area contributed by atoms with Crippen LogP contribution in [0.15, 0.2) is 18.2 Å². The van der Waals surface area contributed by atoms with Crippen LogP contribution < -0.4 is 0 Å². The second-order valence-electron chi connectivity index (χ2n) is 4.33. The minimum absolute atomic E-state index is 0.269. The Kier molecular flexibility index (Phi) is 6.09. The highest BCUT2D eigenvalue weighted by atomic mass is 19.1. The van der Waals surface area contributed by atoms with Crippen LogP contribution in [0.5, 0.6) is 0 Å². The minimum Gasteiger partial charge on any atom is -0.464 e. The van der Waals surface area contributed by atoms with E-state index in [1.807, 2.05) is 6.92 Å². The van der Waals surface area contributed by atoms with E-state index in [0.717, 1.165) is 29.9 Å². The molecule has 0 atom stereocenters. The number of benzene rings is 1. The first-order valence-corrected chi connectivity index (χ1v) is 6.32. The van der Waals surface area contributed by atoms with E-state index in [9.17, 15) is 18.4 Å². The number of amides is 1. The van der Waals surface area contributed by atoms with Gasteiger partial charge in [0.25, 0.3) is 5.91 Å². The number of likely N-dealkylation sites (N-methyl/N-ethyl adjacent to an activating group) is 1. The van der Waals surface area contributed by atoms with E-state index >= 15 is 0 Å². The highest BCUT2D eigenvalue weighted by Crippen LogP contribution is 2.14. The molecule has 1 aromatic carbocycles. The quantitative estimate of drug-likeness (QED) is 0.595. The van der Waals surface area contributed by atoms with Crippen molar-refractivity contribution >= 4 is 11.9 Å². The average molecular weight is 285 g/mol. The topological polar surface area (TPSA) is 46.6 Å². The van der Waals surface area contributed by atoms with Crippen LogP contribution in [0, 0.1) is 11.6 Å². The van der Waals surface area contributed by atoms with Gasteiger partial charge in [-0.3, -0.25) is 9.59 Å². The monoisotopic (exact) mass is 285 g/mol. The van der Waals surface area contributed by atoms with Gasteiger partial charge in [-0.15, -0.1) is 0 Å². The van der Waals surface area contributed by atoms with Crippen LogP contribution in [-0.2, 0) is 9.53 Å². The van der Waals surface area contributed by atoms with Gasteiger partial charge in [0.05, 0.1) is 6.61 Å². The highest BCUT2D eigenvalue weighted by molar-refractivity contribution is 5.96. The van der Waals surface area contributed by atoms with Gasteiger partial charge in [0, 0.05) is 7.05 Å². The Morgan fingerprint density at radius 2 is 1.85 bits per heavy atom. The molecule has 0 spiro atoms. The summed E-state index contributed by atoms with van der Waals surface area (Å²) >= 11 is 0. The van der Waals surface area contributed by atoms with E-state index in [0.29, 0.717) is 0 Å². The fourth-order valence-corrected chi connectivity index (χ4v) is 1.53. The molecule has 0 aliphatic heterocycles. The number of rotatable bonds is 6. The molecule has 0 saturated carbocycles. The van der Waals surface area contributed by atoms with Crippen molar-refractivity contribution in [3.8, 4) is 0 Å². The van der Waals surface area contributed by atoms with Gasteiger partial charge in [-0.05, 0) is 18.6 Å². The molecule has 20 heavy (non-hydrogen) atoms. The van der Waals surface area contributed by atoms with Gasteiger partial charge < -0.3 is 9.64 Å². The fourth-order valence-electron chi connectivity index (χ4n) is 1.53. The third-order valence-corrected chi connectivity index (χ3v) is 2.65. The molecule has 1 amide bonds. The maximum Gasteiger partial charge on any atom is 0.325 e. The fraction of sp³-hybridized carbons (Fsp3) is 0.429. The molecule has 110 valence electrons. The Bertz CT molecular complexity index is 471. The minimum atomic E-state index is -0.957. The van der Waals surface area contributed by atoms with E-state index in [2.05, 4.69) is 0 Å². The number of halogens is 2. The third kappa shape index (κ3) is 4.29. The molecule has 0 aliphatic carbocycles. The maximum absolute atomic E-state index is 13.4. The Morgan fingerprint density at radius 3 is 2.40 bits per heavy atom. The molecule has 0 heterocycles. The zero-order chi connectivity index (χ0) is 15.1. The van der Waals surface area contributed by atoms with Crippen LogP contribution in [0.1, 0.15) is 30.1 Å². The van der Waals surface area contributed by atoms with E-state index in [4.69, 9.17) is 4.74 Å². The largest absolute Gasteiger partial charge is 0.464 e. The lowest BCUT2D eigenvalue weighted by molar-refractivity contribution is -0.144. The molecule has 6 heteroatoms. The first-order chi connectivity index (χ1) is 9.47. The van der Waals surface area contributed by atoms with Crippen molar-refractivity contribution in [2.45, 2.75) is 19.8 Å². The van der Waals surface area contributed by atoms with Crippen molar-refractivity contribution in [3.63, 3.8) is 0 Å². The Labute approximate surface area is 116 Å². The summed E-state index contributed by atoms with van der Waals surface area (Å²) in [6, 6.07) is 3.15. The van der Waals surface area contributed by atoms with E-state index in [1.54, 1.807) is 0 Å². The number of carbonyl (C=O) groups excluding carboxylic acids is 2. The number of unbranched alkanes of at least 4 members (excludes halogenated alkanes) is 1. The summed E-state index contributed by atoms with van der Waals surface area (Å²) in [7, 11) is 1.29. The summed E-state index contributed by atoms with van der Waals surface area (Å²) in [4.78, 5) is 24.2. The molecule has 0 aromatic heterocycles. The van der Waals surface area contributed by atoms with Crippen molar-refractivity contribution < 1.29 is 23.1 Å². The molecule has 1 rings (SSSR count). The number of carbonyl (C=O) groups is 2. The highest BCUT2D eigenvalue weighted by Gasteiger charge is 2.22. The van der Waals surface area contributed by atoms with E-state index in [1.165, 1.54) is 13.1 Å².